The molecule has 30 heavy (non-hydrogen) atoms. The van der Waals surface area contributed by atoms with Gasteiger partial charge in [0.25, 0.3) is 0 Å². The lowest BCUT2D eigenvalue weighted by Gasteiger charge is -2.08. The van der Waals surface area contributed by atoms with E-state index in [1.54, 1.807) is 37.3 Å². The molecule has 0 fully saturated rings. The molecule has 0 aliphatic carbocycles. The maximum Gasteiger partial charge on any atom is 0.329 e. The van der Waals surface area contributed by atoms with Crippen molar-refractivity contribution in [3.63, 3.8) is 0 Å². The van der Waals surface area contributed by atoms with Crippen molar-refractivity contribution >= 4 is 35.3 Å². The zero-order valence-electron chi connectivity index (χ0n) is 16.3. The molecule has 2 N–H and O–H groups in total. The predicted octanol–water partition coefficient (Wildman–Crippen LogP) is 4.32. The average Bonchev–Trinajstić information content (AvgIpc) is 2.76. The Morgan fingerprint density at radius 1 is 1.00 bits per heavy atom. The molecule has 0 aromatic heterocycles. The second-order valence-electron chi connectivity index (χ2n) is 6.41. The summed E-state index contributed by atoms with van der Waals surface area (Å²) >= 11 is 6.01. The number of hydrogen-bond donors (Lipinski definition) is 2. The number of anilines is 1. The van der Waals surface area contributed by atoms with E-state index in [9.17, 15) is 9.59 Å². The van der Waals surface area contributed by atoms with Crippen molar-refractivity contribution in [2.45, 2.75) is 13.5 Å². The largest absolute Gasteiger partial charge is 0.489 e. The summed E-state index contributed by atoms with van der Waals surface area (Å²) in [5, 5.41) is 6.85. The maximum absolute atomic E-state index is 12.0. The number of nitrogens with zero attached hydrogens (tertiary/aromatic N) is 1. The molecule has 3 rings (SSSR count). The molecule has 3 aromatic carbocycles. The number of carbonyl (C=O) groups is 2. The molecular weight excluding hydrogens is 402 g/mol. The van der Waals surface area contributed by atoms with Gasteiger partial charge in [-0.2, -0.15) is 5.10 Å². The lowest BCUT2D eigenvalue weighted by atomic mass is 10.2. The number of nitrogens with one attached hydrogen (secondary N) is 2. The normalized spacial score (nSPS) is 10.6. The highest BCUT2D eigenvalue weighted by Crippen LogP contribution is 2.22. The molecule has 2 amide bonds. The van der Waals surface area contributed by atoms with Gasteiger partial charge in [-0.25, -0.2) is 5.43 Å². The summed E-state index contributed by atoms with van der Waals surface area (Å²) in [5.74, 6) is -1.05. The van der Waals surface area contributed by atoms with Gasteiger partial charge in [-0.15, -0.1) is 0 Å². The molecular formula is C23H20ClN3O3. The summed E-state index contributed by atoms with van der Waals surface area (Å²) in [6.07, 6.45) is 1.44. The minimum absolute atomic E-state index is 0.446. The topological polar surface area (TPSA) is 79.8 Å². The van der Waals surface area contributed by atoms with Gasteiger partial charge in [0.1, 0.15) is 12.4 Å². The summed E-state index contributed by atoms with van der Waals surface area (Å²) in [7, 11) is 0. The average molecular weight is 422 g/mol. The Labute approximate surface area is 179 Å². The summed E-state index contributed by atoms with van der Waals surface area (Å²) in [6.45, 7) is 2.20. The lowest BCUT2D eigenvalue weighted by molar-refractivity contribution is -0.136. The van der Waals surface area contributed by atoms with Crippen molar-refractivity contribution in [1.29, 1.82) is 0 Å². The number of benzene rings is 3. The molecule has 0 saturated carbocycles. The second kappa shape index (κ2) is 10.2. The first-order valence-electron chi connectivity index (χ1n) is 9.19. The molecule has 0 aliphatic heterocycles. The van der Waals surface area contributed by atoms with E-state index in [2.05, 4.69) is 15.8 Å². The SMILES string of the molecule is Cc1c(Cl)cccc1NC(=O)C(=O)NN=Cc1cccc(OCc2ccccc2)c1. The number of amides is 2. The van der Waals surface area contributed by atoms with Crippen molar-refractivity contribution in [1.82, 2.24) is 5.43 Å². The van der Waals surface area contributed by atoms with Crippen LogP contribution in [0.25, 0.3) is 0 Å². The van der Waals surface area contributed by atoms with Gasteiger partial charge in [0.15, 0.2) is 0 Å². The van der Waals surface area contributed by atoms with Gasteiger partial charge in [-0.3, -0.25) is 9.59 Å². The third-order valence-electron chi connectivity index (χ3n) is 4.21. The van der Waals surface area contributed by atoms with Gasteiger partial charge in [0.05, 0.1) is 6.21 Å². The Hall–Kier alpha value is -3.64. The van der Waals surface area contributed by atoms with E-state index >= 15 is 0 Å². The van der Waals surface area contributed by atoms with Crippen LogP contribution in [0.4, 0.5) is 5.69 Å². The Morgan fingerprint density at radius 2 is 1.77 bits per heavy atom. The molecule has 0 radical (unpaired) electrons. The first-order chi connectivity index (χ1) is 14.5. The quantitative estimate of drug-likeness (QED) is 0.353. The van der Waals surface area contributed by atoms with Crippen LogP contribution in [-0.4, -0.2) is 18.0 Å². The van der Waals surface area contributed by atoms with Gasteiger partial charge in [-0.05, 0) is 47.9 Å². The second-order valence-corrected chi connectivity index (χ2v) is 6.82. The first-order valence-corrected chi connectivity index (χ1v) is 9.57. The van der Waals surface area contributed by atoms with Crippen LogP contribution >= 0.6 is 11.6 Å². The summed E-state index contributed by atoms with van der Waals surface area (Å²) < 4.78 is 5.76. The number of hydrogen-bond acceptors (Lipinski definition) is 4. The van der Waals surface area contributed by atoms with Crippen LogP contribution in [0.5, 0.6) is 5.75 Å². The van der Waals surface area contributed by atoms with E-state index in [0.29, 0.717) is 34.2 Å². The van der Waals surface area contributed by atoms with Crippen molar-refractivity contribution in [3.05, 3.63) is 94.5 Å². The standard InChI is InChI=1S/C23H20ClN3O3/c1-16-20(24)11-6-12-21(16)26-22(28)23(29)27-25-14-18-9-5-10-19(13-18)30-15-17-7-3-2-4-8-17/h2-14H,15H2,1H3,(H,26,28)(H,27,29). The zero-order valence-corrected chi connectivity index (χ0v) is 17.0. The molecule has 0 saturated heterocycles. The Kier molecular flexibility index (Phi) is 7.19. The molecule has 0 heterocycles. The van der Waals surface area contributed by atoms with E-state index in [1.807, 2.05) is 42.5 Å². The molecule has 3 aromatic rings. The van der Waals surface area contributed by atoms with Crippen LogP contribution in [0.3, 0.4) is 0 Å². The number of rotatable bonds is 6. The lowest BCUT2D eigenvalue weighted by Crippen LogP contribution is -2.32. The minimum Gasteiger partial charge on any atom is -0.489 e. The summed E-state index contributed by atoms with van der Waals surface area (Å²) in [5.41, 5.74) is 5.13. The third-order valence-corrected chi connectivity index (χ3v) is 4.62. The van der Waals surface area contributed by atoms with E-state index in [1.165, 1.54) is 6.21 Å². The number of hydrazone groups is 1. The van der Waals surface area contributed by atoms with E-state index in [-0.39, 0.29) is 0 Å². The minimum atomic E-state index is -0.887. The Morgan fingerprint density at radius 3 is 2.57 bits per heavy atom. The molecule has 152 valence electrons. The fourth-order valence-corrected chi connectivity index (χ4v) is 2.74. The van der Waals surface area contributed by atoms with Crippen LogP contribution in [0.1, 0.15) is 16.7 Å². The van der Waals surface area contributed by atoms with Gasteiger partial charge in [0, 0.05) is 10.7 Å². The summed E-state index contributed by atoms with van der Waals surface area (Å²) in [6, 6.07) is 22.1. The monoisotopic (exact) mass is 421 g/mol. The van der Waals surface area contributed by atoms with Gasteiger partial charge in [0.2, 0.25) is 0 Å². The molecule has 7 heteroatoms. The fourth-order valence-electron chi connectivity index (χ4n) is 2.56. The Bertz CT molecular complexity index is 1070. The number of carbonyl (C=O) groups excluding carboxylic acids is 2. The Balaban J connectivity index is 1.53. The van der Waals surface area contributed by atoms with Gasteiger partial charge < -0.3 is 10.1 Å². The van der Waals surface area contributed by atoms with Crippen LogP contribution in [0, 0.1) is 6.92 Å². The third kappa shape index (κ3) is 5.93. The van der Waals surface area contributed by atoms with Crippen LogP contribution in [-0.2, 0) is 16.2 Å². The molecule has 0 bridgehead atoms. The van der Waals surface area contributed by atoms with Crippen LogP contribution < -0.4 is 15.5 Å². The molecule has 0 atom stereocenters. The van der Waals surface area contributed by atoms with Crippen molar-refractivity contribution < 1.29 is 14.3 Å². The van der Waals surface area contributed by atoms with Crippen LogP contribution in [0.15, 0.2) is 77.9 Å². The molecule has 0 unspecified atom stereocenters. The number of halogens is 1. The van der Waals surface area contributed by atoms with E-state index in [0.717, 1.165) is 5.56 Å². The summed E-state index contributed by atoms with van der Waals surface area (Å²) in [4.78, 5) is 24.0. The van der Waals surface area contributed by atoms with Gasteiger partial charge in [-0.1, -0.05) is 60.1 Å². The smallest absolute Gasteiger partial charge is 0.329 e. The molecule has 0 aliphatic rings. The molecule has 6 nitrogen and oxygen atoms in total. The first kappa shape index (κ1) is 21.1. The highest BCUT2D eigenvalue weighted by molar-refractivity contribution is 6.40. The number of ether oxygens (including phenoxy) is 1. The van der Waals surface area contributed by atoms with Crippen molar-refractivity contribution in [2.24, 2.45) is 5.10 Å². The van der Waals surface area contributed by atoms with Crippen molar-refractivity contribution in [3.8, 4) is 5.75 Å². The zero-order chi connectivity index (χ0) is 21.3. The molecule has 0 spiro atoms. The highest BCUT2D eigenvalue weighted by Gasteiger charge is 2.14. The van der Waals surface area contributed by atoms with E-state index in [4.69, 9.17) is 16.3 Å². The van der Waals surface area contributed by atoms with Crippen molar-refractivity contribution in [2.75, 3.05) is 5.32 Å². The van der Waals surface area contributed by atoms with E-state index < -0.39 is 11.8 Å². The predicted molar refractivity (Wildman–Crippen MR) is 118 cm³/mol. The highest BCUT2D eigenvalue weighted by atomic mass is 35.5. The van der Waals surface area contributed by atoms with Crippen LogP contribution in [0.2, 0.25) is 5.02 Å². The fraction of sp³-hybridized carbons (Fsp3) is 0.0870. The van der Waals surface area contributed by atoms with Gasteiger partial charge >= 0.3 is 11.8 Å². The maximum atomic E-state index is 12.0.